The Balaban J connectivity index is 2.04. The van der Waals surface area contributed by atoms with Crippen molar-refractivity contribution in [3.8, 4) is 0 Å². The SMILES string of the molecule is O=C(NC(N1CCOCC1)C(Cl)(Cl)Cl)NC(N1CCOCC1)C(Cl)(Cl)Cl. The maximum absolute atomic E-state index is 12.6. The molecule has 0 bridgehead atoms. The molecule has 2 heterocycles. The van der Waals surface area contributed by atoms with E-state index in [1.165, 1.54) is 0 Å². The second-order valence-corrected chi connectivity index (χ2v) is 10.5. The van der Waals surface area contributed by atoms with E-state index in [1.54, 1.807) is 0 Å². The zero-order valence-electron chi connectivity index (χ0n) is 13.7. The van der Waals surface area contributed by atoms with Gasteiger partial charge in [0.15, 0.2) is 0 Å². The third kappa shape index (κ3) is 7.03. The van der Waals surface area contributed by atoms with Gasteiger partial charge in [-0.3, -0.25) is 9.80 Å². The highest BCUT2D eigenvalue weighted by atomic mass is 35.6. The number of hydrogen-bond acceptors (Lipinski definition) is 5. The van der Waals surface area contributed by atoms with Gasteiger partial charge in [-0.25, -0.2) is 4.79 Å². The molecule has 7 nitrogen and oxygen atoms in total. The highest BCUT2D eigenvalue weighted by Gasteiger charge is 2.42. The van der Waals surface area contributed by atoms with Crippen LogP contribution in [0.25, 0.3) is 0 Å². The number of urea groups is 1. The number of rotatable bonds is 4. The van der Waals surface area contributed by atoms with E-state index in [0.29, 0.717) is 52.6 Å². The van der Waals surface area contributed by atoms with Crippen molar-refractivity contribution in [3.63, 3.8) is 0 Å². The monoisotopic (exact) mass is 490 g/mol. The summed E-state index contributed by atoms with van der Waals surface area (Å²) >= 11 is 36.3. The van der Waals surface area contributed by atoms with Gasteiger partial charge in [0.2, 0.25) is 7.59 Å². The molecule has 0 aromatic rings. The summed E-state index contributed by atoms with van der Waals surface area (Å²) < 4.78 is 7.08. The Morgan fingerprint density at radius 2 is 1.04 bits per heavy atom. The summed E-state index contributed by atoms with van der Waals surface area (Å²) in [6.45, 7) is 3.95. The third-order valence-corrected chi connectivity index (χ3v) is 5.22. The summed E-state index contributed by atoms with van der Waals surface area (Å²) in [6, 6.07) is -0.615. The first-order valence-corrected chi connectivity index (χ1v) is 10.2. The van der Waals surface area contributed by atoms with Gasteiger partial charge in [0.05, 0.1) is 26.4 Å². The van der Waals surface area contributed by atoms with Crippen molar-refractivity contribution < 1.29 is 14.3 Å². The van der Waals surface area contributed by atoms with Crippen LogP contribution in [0.2, 0.25) is 0 Å². The number of hydrogen-bond donors (Lipinski definition) is 2. The molecule has 0 aromatic carbocycles. The summed E-state index contributed by atoms with van der Waals surface area (Å²) in [7, 11) is 0. The average Bonchev–Trinajstić information content (AvgIpc) is 2.57. The molecule has 152 valence electrons. The van der Waals surface area contributed by atoms with Gasteiger partial charge in [0, 0.05) is 26.2 Å². The molecule has 2 unspecified atom stereocenters. The fourth-order valence-electron chi connectivity index (χ4n) is 2.72. The molecule has 0 radical (unpaired) electrons. The van der Waals surface area contributed by atoms with Crippen LogP contribution in [0.1, 0.15) is 0 Å². The second kappa shape index (κ2) is 10.1. The largest absolute Gasteiger partial charge is 0.379 e. The van der Waals surface area contributed by atoms with Crippen molar-refractivity contribution in [1.82, 2.24) is 20.4 Å². The van der Waals surface area contributed by atoms with E-state index in [2.05, 4.69) is 10.6 Å². The molecule has 2 rings (SSSR count). The first kappa shape index (κ1) is 23.1. The lowest BCUT2D eigenvalue weighted by atomic mass is 10.3. The molecule has 2 fully saturated rings. The molecular weight excluding hydrogens is 473 g/mol. The van der Waals surface area contributed by atoms with Gasteiger partial charge >= 0.3 is 6.03 Å². The molecule has 0 saturated carbocycles. The standard InChI is InChI=1S/C13H20Cl6N4O3/c14-12(15,16)9(22-1-5-25-6-2-22)20-11(24)21-10(13(17,18)19)23-3-7-26-8-4-23/h9-10H,1-8H2,(H2,20,21,24). The molecule has 2 saturated heterocycles. The highest BCUT2D eigenvalue weighted by molar-refractivity contribution is 6.68. The summed E-state index contributed by atoms with van der Waals surface area (Å²) in [6.07, 6.45) is -1.73. The predicted octanol–water partition coefficient (Wildman–Crippen LogP) is 2.34. The molecule has 13 heteroatoms. The van der Waals surface area contributed by atoms with E-state index >= 15 is 0 Å². The smallest absolute Gasteiger partial charge is 0.317 e. The number of halogens is 6. The van der Waals surface area contributed by atoms with E-state index in [1.807, 2.05) is 9.80 Å². The number of ether oxygens (including phenoxy) is 2. The molecule has 0 spiro atoms. The minimum Gasteiger partial charge on any atom is -0.379 e. The van der Waals surface area contributed by atoms with Crippen LogP contribution in [0.3, 0.4) is 0 Å². The molecule has 2 aliphatic rings. The number of amides is 2. The molecule has 2 N–H and O–H groups in total. The van der Waals surface area contributed by atoms with Gasteiger partial charge < -0.3 is 20.1 Å². The van der Waals surface area contributed by atoms with Gasteiger partial charge in [-0.15, -0.1) is 0 Å². The molecule has 2 amide bonds. The number of nitrogens with one attached hydrogen (secondary N) is 2. The van der Waals surface area contributed by atoms with Crippen LogP contribution >= 0.6 is 69.6 Å². The van der Waals surface area contributed by atoms with Crippen molar-refractivity contribution in [2.45, 2.75) is 19.9 Å². The van der Waals surface area contributed by atoms with Crippen molar-refractivity contribution in [3.05, 3.63) is 0 Å². The van der Waals surface area contributed by atoms with E-state index in [-0.39, 0.29) is 0 Å². The number of morpholine rings is 2. The zero-order chi connectivity index (χ0) is 19.4. The quantitative estimate of drug-likeness (QED) is 0.590. The topological polar surface area (TPSA) is 66.1 Å². The lowest BCUT2D eigenvalue weighted by Gasteiger charge is -2.40. The number of alkyl halides is 6. The minimum atomic E-state index is -1.75. The Kier molecular flexibility index (Phi) is 8.94. The second-order valence-electron chi connectivity index (χ2n) is 5.80. The molecule has 2 atom stereocenters. The number of nitrogens with zero attached hydrogens (tertiary/aromatic N) is 2. The zero-order valence-corrected chi connectivity index (χ0v) is 18.2. The maximum atomic E-state index is 12.6. The molecule has 0 aliphatic carbocycles. The predicted molar refractivity (Wildman–Crippen MR) is 105 cm³/mol. The summed E-state index contributed by atoms with van der Waals surface area (Å²) in [5.41, 5.74) is 0. The fourth-order valence-corrected chi connectivity index (χ4v) is 3.88. The Morgan fingerprint density at radius 1 is 0.731 bits per heavy atom. The maximum Gasteiger partial charge on any atom is 0.317 e. The molecular formula is C13H20Cl6N4O3. The molecule has 2 aliphatic heterocycles. The van der Waals surface area contributed by atoms with Gasteiger partial charge in [-0.05, 0) is 0 Å². The fraction of sp³-hybridized carbons (Fsp3) is 0.923. The van der Waals surface area contributed by atoms with Crippen LogP contribution in [-0.4, -0.2) is 88.4 Å². The van der Waals surface area contributed by atoms with E-state index in [9.17, 15) is 4.79 Å². The Morgan fingerprint density at radius 3 is 1.31 bits per heavy atom. The van der Waals surface area contributed by atoms with Crippen molar-refractivity contribution in [2.75, 3.05) is 52.6 Å². The van der Waals surface area contributed by atoms with Crippen LogP contribution in [0, 0.1) is 0 Å². The van der Waals surface area contributed by atoms with Crippen molar-refractivity contribution >= 4 is 75.6 Å². The van der Waals surface area contributed by atoms with Gasteiger partial charge in [-0.1, -0.05) is 69.6 Å². The lowest BCUT2D eigenvalue weighted by molar-refractivity contribution is 0.00721. The Bertz CT molecular complexity index is 424. The van der Waals surface area contributed by atoms with Gasteiger partial charge in [0.1, 0.15) is 12.3 Å². The molecule has 26 heavy (non-hydrogen) atoms. The average molecular weight is 493 g/mol. The lowest BCUT2D eigenvalue weighted by Crippen LogP contribution is -2.64. The van der Waals surface area contributed by atoms with Gasteiger partial charge in [0.25, 0.3) is 0 Å². The van der Waals surface area contributed by atoms with Crippen LogP contribution in [0.5, 0.6) is 0 Å². The van der Waals surface area contributed by atoms with E-state index in [0.717, 1.165) is 0 Å². The first-order valence-electron chi connectivity index (χ1n) is 7.93. The summed E-state index contributed by atoms with van der Waals surface area (Å²) in [5.74, 6) is 0. The molecule has 0 aromatic heterocycles. The van der Waals surface area contributed by atoms with Crippen LogP contribution < -0.4 is 10.6 Å². The number of carbonyl (C=O) groups is 1. The minimum absolute atomic E-state index is 0.477. The van der Waals surface area contributed by atoms with E-state index < -0.39 is 25.9 Å². The van der Waals surface area contributed by atoms with E-state index in [4.69, 9.17) is 79.1 Å². The van der Waals surface area contributed by atoms with Crippen LogP contribution in [-0.2, 0) is 9.47 Å². The van der Waals surface area contributed by atoms with Crippen molar-refractivity contribution in [1.29, 1.82) is 0 Å². The number of carbonyl (C=O) groups excluding carboxylic acids is 1. The van der Waals surface area contributed by atoms with Crippen LogP contribution in [0.4, 0.5) is 4.79 Å². The normalized spacial score (nSPS) is 23.3. The highest BCUT2D eigenvalue weighted by Crippen LogP contribution is 2.34. The Hall–Kier alpha value is 0.850. The Labute approximate surface area is 182 Å². The van der Waals surface area contributed by atoms with Crippen LogP contribution in [0.15, 0.2) is 0 Å². The van der Waals surface area contributed by atoms with Crippen molar-refractivity contribution in [2.24, 2.45) is 0 Å². The first-order chi connectivity index (χ1) is 12.1. The third-order valence-electron chi connectivity index (χ3n) is 3.98. The van der Waals surface area contributed by atoms with Gasteiger partial charge in [-0.2, -0.15) is 0 Å². The summed E-state index contributed by atoms with van der Waals surface area (Å²) in [4.78, 5) is 16.2. The summed E-state index contributed by atoms with van der Waals surface area (Å²) in [5, 5.41) is 5.32.